The average Bonchev–Trinajstić information content (AvgIpc) is 2.70. The summed E-state index contributed by atoms with van der Waals surface area (Å²) in [4.78, 5) is 0.168. The van der Waals surface area contributed by atoms with Crippen LogP contribution in [0.25, 0.3) is 0 Å². The quantitative estimate of drug-likeness (QED) is 0.353. The molecule has 0 spiro atoms. The Morgan fingerprint density at radius 3 is 2.00 bits per heavy atom. The zero-order chi connectivity index (χ0) is 20.1. The molecule has 7 heteroatoms. The molecule has 0 heterocycles. The lowest BCUT2D eigenvalue weighted by molar-refractivity contribution is 0.00911. The van der Waals surface area contributed by atoms with E-state index in [4.69, 9.17) is 18.4 Å². The lowest BCUT2D eigenvalue weighted by Gasteiger charge is -2.08. The van der Waals surface area contributed by atoms with Crippen molar-refractivity contribution in [3.8, 4) is 0 Å². The summed E-state index contributed by atoms with van der Waals surface area (Å²) >= 11 is 0. The minimum atomic E-state index is -3.70. The summed E-state index contributed by atoms with van der Waals surface area (Å²) in [5, 5.41) is 0. The maximum Gasteiger partial charge on any atom is 0.296 e. The van der Waals surface area contributed by atoms with Crippen LogP contribution in [0.3, 0.4) is 0 Å². The van der Waals surface area contributed by atoms with Crippen molar-refractivity contribution in [3.63, 3.8) is 0 Å². The second-order valence-electron chi connectivity index (χ2n) is 6.21. The van der Waals surface area contributed by atoms with E-state index < -0.39 is 10.1 Å². The molecule has 0 radical (unpaired) electrons. The number of aryl methyl sites for hydroxylation is 1. The van der Waals surface area contributed by atoms with Crippen LogP contribution in [0, 0.1) is 6.92 Å². The molecule has 2 rings (SSSR count). The summed E-state index contributed by atoms with van der Waals surface area (Å²) in [6, 6.07) is 16.5. The van der Waals surface area contributed by atoms with Gasteiger partial charge in [0.1, 0.15) is 0 Å². The first kappa shape index (κ1) is 22.5. The van der Waals surface area contributed by atoms with Gasteiger partial charge in [0.15, 0.2) is 0 Å². The Hall–Kier alpha value is -1.77. The van der Waals surface area contributed by atoms with Crippen LogP contribution in [0.5, 0.6) is 0 Å². The van der Waals surface area contributed by atoms with Gasteiger partial charge in [-0.05, 0) is 31.0 Å². The zero-order valence-electron chi connectivity index (χ0n) is 16.2. The van der Waals surface area contributed by atoms with E-state index in [0.717, 1.165) is 11.1 Å². The van der Waals surface area contributed by atoms with Gasteiger partial charge in [-0.1, -0.05) is 48.0 Å². The third kappa shape index (κ3) is 8.95. The summed E-state index contributed by atoms with van der Waals surface area (Å²) < 4.78 is 45.4. The Balaban J connectivity index is 1.42. The van der Waals surface area contributed by atoms with Crippen molar-refractivity contribution in [2.75, 3.05) is 39.6 Å². The van der Waals surface area contributed by atoms with Gasteiger partial charge in [-0.3, -0.25) is 4.18 Å². The summed E-state index contributed by atoms with van der Waals surface area (Å²) in [6.45, 7) is 4.93. The number of rotatable bonds is 14. The highest BCUT2D eigenvalue weighted by Gasteiger charge is 2.14. The normalized spacial score (nSPS) is 11.6. The highest BCUT2D eigenvalue weighted by Crippen LogP contribution is 2.13. The number of benzene rings is 2. The van der Waals surface area contributed by atoms with E-state index in [1.54, 1.807) is 24.3 Å². The Morgan fingerprint density at radius 2 is 1.32 bits per heavy atom. The highest BCUT2D eigenvalue weighted by molar-refractivity contribution is 7.86. The summed E-state index contributed by atoms with van der Waals surface area (Å²) in [6.07, 6.45) is 0.491. The SMILES string of the molecule is Cc1ccc(S(=O)(=O)OCCCOCCOCCOCc2ccccc2)cc1. The van der Waals surface area contributed by atoms with Crippen LogP contribution in [0.15, 0.2) is 59.5 Å². The molecule has 0 fully saturated rings. The second-order valence-corrected chi connectivity index (χ2v) is 7.82. The smallest absolute Gasteiger partial charge is 0.296 e. The predicted molar refractivity (Wildman–Crippen MR) is 107 cm³/mol. The van der Waals surface area contributed by atoms with Crippen LogP contribution < -0.4 is 0 Å². The molecular weight excluding hydrogens is 380 g/mol. The predicted octanol–water partition coefficient (Wildman–Crippen LogP) is 3.34. The van der Waals surface area contributed by atoms with Gasteiger partial charge in [0.05, 0.1) is 44.5 Å². The van der Waals surface area contributed by atoms with Crippen LogP contribution >= 0.6 is 0 Å². The first-order valence-electron chi connectivity index (χ1n) is 9.31. The standard InChI is InChI=1S/C21H28O6S/c1-19-8-10-21(11-9-19)28(22,23)27-13-5-12-24-14-15-25-16-17-26-18-20-6-3-2-4-7-20/h2-4,6-11H,5,12-18H2,1H3. The first-order chi connectivity index (χ1) is 13.6. The van der Waals surface area contributed by atoms with Crippen molar-refractivity contribution < 1.29 is 26.8 Å². The topological polar surface area (TPSA) is 71.1 Å². The lowest BCUT2D eigenvalue weighted by atomic mass is 10.2. The molecule has 0 aliphatic heterocycles. The van der Waals surface area contributed by atoms with Crippen LogP contribution in [-0.2, 0) is 35.1 Å². The van der Waals surface area contributed by atoms with Crippen molar-refractivity contribution in [2.24, 2.45) is 0 Å². The monoisotopic (exact) mass is 408 g/mol. The van der Waals surface area contributed by atoms with E-state index in [-0.39, 0.29) is 11.5 Å². The van der Waals surface area contributed by atoms with Crippen molar-refractivity contribution >= 4 is 10.1 Å². The average molecular weight is 409 g/mol. The third-order valence-corrected chi connectivity index (χ3v) is 5.16. The molecule has 0 aromatic heterocycles. The zero-order valence-corrected chi connectivity index (χ0v) is 17.0. The second kappa shape index (κ2) is 12.6. The fourth-order valence-electron chi connectivity index (χ4n) is 2.31. The molecule has 0 atom stereocenters. The molecule has 2 aromatic rings. The van der Waals surface area contributed by atoms with Crippen LogP contribution in [0.4, 0.5) is 0 Å². The molecular formula is C21H28O6S. The molecule has 0 unspecified atom stereocenters. The third-order valence-electron chi connectivity index (χ3n) is 3.84. The van der Waals surface area contributed by atoms with Gasteiger partial charge in [0, 0.05) is 6.61 Å². The molecule has 2 aromatic carbocycles. The Bertz CT molecular complexity index is 759. The minimum absolute atomic E-state index is 0.0877. The number of hydrogen-bond donors (Lipinski definition) is 0. The summed E-state index contributed by atoms with van der Waals surface area (Å²) in [5.74, 6) is 0. The van der Waals surface area contributed by atoms with Crippen molar-refractivity contribution in [1.29, 1.82) is 0 Å². The largest absolute Gasteiger partial charge is 0.379 e. The van der Waals surface area contributed by atoms with Gasteiger partial charge in [-0.25, -0.2) is 0 Å². The maximum atomic E-state index is 12.0. The van der Waals surface area contributed by atoms with Crippen molar-refractivity contribution in [2.45, 2.75) is 24.8 Å². The van der Waals surface area contributed by atoms with Crippen LogP contribution in [0.1, 0.15) is 17.5 Å². The summed E-state index contributed by atoms with van der Waals surface area (Å²) in [5.41, 5.74) is 2.13. The molecule has 0 N–H and O–H groups in total. The fourth-order valence-corrected chi connectivity index (χ4v) is 3.25. The fraction of sp³-hybridized carbons (Fsp3) is 0.429. The summed E-state index contributed by atoms with van der Waals surface area (Å²) in [7, 11) is -3.70. The van der Waals surface area contributed by atoms with Crippen LogP contribution in [0.2, 0.25) is 0 Å². The van der Waals surface area contributed by atoms with E-state index in [9.17, 15) is 8.42 Å². The highest BCUT2D eigenvalue weighted by atomic mass is 32.2. The van der Waals surface area contributed by atoms with E-state index in [1.807, 2.05) is 37.3 Å². The van der Waals surface area contributed by atoms with Gasteiger partial charge in [-0.15, -0.1) is 0 Å². The molecule has 0 saturated heterocycles. The van der Waals surface area contributed by atoms with E-state index >= 15 is 0 Å². The van der Waals surface area contributed by atoms with E-state index in [1.165, 1.54) is 0 Å². The van der Waals surface area contributed by atoms with Gasteiger partial charge >= 0.3 is 0 Å². The lowest BCUT2D eigenvalue weighted by Crippen LogP contribution is -2.12. The first-order valence-corrected chi connectivity index (χ1v) is 10.7. The van der Waals surface area contributed by atoms with Gasteiger partial charge < -0.3 is 14.2 Å². The molecule has 6 nitrogen and oxygen atoms in total. The van der Waals surface area contributed by atoms with E-state index in [0.29, 0.717) is 46.1 Å². The molecule has 28 heavy (non-hydrogen) atoms. The maximum absolute atomic E-state index is 12.0. The van der Waals surface area contributed by atoms with Crippen molar-refractivity contribution in [3.05, 3.63) is 65.7 Å². The van der Waals surface area contributed by atoms with Gasteiger partial charge in [0.2, 0.25) is 0 Å². The molecule has 0 bridgehead atoms. The molecule has 154 valence electrons. The molecule has 0 aliphatic rings. The Labute approximate surface area is 167 Å². The minimum Gasteiger partial charge on any atom is -0.379 e. The van der Waals surface area contributed by atoms with Crippen molar-refractivity contribution in [1.82, 2.24) is 0 Å². The number of hydrogen-bond acceptors (Lipinski definition) is 6. The Kier molecular flexibility index (Phi) is 10.2. The molecule has 0 amide bonds. The van der Waals surface area contributed by atoms with Gasteiger partial charge in [0.25, 0.3) is 10.1 Å². The molecule has 0 saturated carbocycles. The van der Waals surface area contributed by atoms with Crippen LogP contribution in [-0.4, -0.2) is 48.1 Å². The number of ether oxygens (including phenoxy) is 3. The van der Waals surface area contributed by atoms with E-state index in [2.05, 4.69) is 0 Å². The molecule has 0 aliphatic carbocycles. The van der Waals surface area contributed by atoms with Gasteiger partial charge in [-0.2, -0.15) is 8.42 Å². The Morgan fingerprint density at radius 1 is 0.714 bits per heavy atom.